The highest BCUT2D eigenvalue weighted by atomic mass is 19.1. The first-order valence-corrected chi connectivity index (χ1v) is 14.8. The molecule has 0 amide bonds. The Hall–Kier alpha value is -1.16. The molecule has 2 saturated carbocycles. The first-order chi connectivity index (χ1) is 17.0. The maximum absolute atomic E-state index is 14.9. The van der Waals surface area contributed by atoms with Gasteiger partial charge in [0.1, 0.15) is 0 Å². The average Bonchev–Trinajstić information content (AvgIpc) is 2.87. The summed E-state index contributed by atoms with van der Waals surface area (Å²) in [4.78, 5) is 0. The molecule has 2 aliphatic carbocycles. The summed E-state index contributed by atoms with van der Waals surface area (Å²) in [7, 11) is 0. The van der Waals surface area contributed by atoms with Crippen LogP contribution in [0.5, 0.6) is 5.75 Å². The summed E-state index contributed by atoms with van der Waals surface area (Å²) in [5.41, 5.74) is 0.811. The van der Waals surface area contributed by atoms with E-state index in [0.717, 1.165) is 62.5 Å². The number of benzene rings is 1. The topological polar surface area (TPSA) is 18.5 Å². The lowest BCUT2D eigenvalue weighted by molar-refractivity contribution is 0.00827. The number of hydrogen-bond donors (Lipinski definition) is 0. The highest BCUT2D eigenvalue weighted by molar-refractivity contribution is 5.33. The number of rotatable bonds is 14. The highest BCUT2D eigenvalue weighted by Gasteiger charge is 2.32. The molecule has 1 unspecified atom stereocenters. The summed E-state index contributed by atoms with van der Waals surface area (Å²) in [5.74, 6) is 0.551. The number of ether oxygens (including phenoxy) is 2. The molecule has 2 fully saturated rings. The van der Waals surface area contributed by atoms with Crippen molar-refractivity contribution in [2.75, 3.05) is 6.61 Å². The fourth-order valence-electron chi connectivity index (χ4n) is 6.34. The van der Waals surface area contributed by atoms with Crippen molar-refractivity contribution in [3.05, 3.63) is 29.3 Å². The van der Waals surface area contributed by atoms with Gasteiger partial charge >= 0.3 is 0 Å². The number of halogens is 2. The lowest BCUT2D eigenvalue weighted by atomic mass is 9.69. The van der Waals surface area contributed by atoms with E-state index in [4.69, 9.17) is 9.47 Å². The Labute approximate surface area is 213 Å². The second kappa shape index (κ2) is 15.2. The first-order valence-electron chi connectivity index (χ1n) is 14.8. The fraction of sp³-hybridized carbons (Fsp3) is 0.806. The van der Waals surface area contributed by atoms with Crippen LogP contribution in [-0.4, -0.2) is 18.8 Å². The summed E-state index contributed by atoms with van der Waals surface area (Å²) in [6.07, 6.45) is 18.8. The third-order valence-electron chi connectivity index (χ3n) is 8.49. The van der Waals surface area contributed by atoms with Crippen LogP contribution in [-0.2, 0) is 4.74 Å². The van der Waals surface area contributed by atoms with Crippen LogP contribution in [0.25, 0.3) is 0 Å². The lowest BCUT2D eigenvalue weighted by Crippen LogP contribution is -2.28. The second-order valence-electron chi connectivity index (χ2n) is 11.3. The number of unbranched alkanes of at least 4 members (excludes halogenated alkanes) is 5. The van der Waals surface area contributed by atoms with Gasteiger partial charge in [0, 0.05) is 6.61 Å². The van der Waals surface area contributed by atoms with E-state index in [2.05, 4.69) is 13.8 Å². The molecule has 3 rings (SSSR count). The predicted octanol–water partition coefficient (Wildman–Crippen LogP) is 9.74. The molecule has 0 spiro atoms. The van der Waals surface area contributed by atoms with E-state index in [0.29, 0.717) is 6.10 Å². The molecule has 1 aromatic carbocycles. The van der Waals surface area contributed by atoms with Gasteiger partial charge in [0.05, 0.1) is 12.2 Å². The Bertz CT molecular complexity index is 698. The van der Waals surface area contributed by atoms with Crippen molar-refractivity contribution in [3.8, 4) is 5.75 Å². The molecule has 1 aromatic rings. The van der Waals surface area contributed by atoms with Gasteiger partial charge in [-0.2, -0.15) is 0 Å². The molecule has 0 heterocycles. The first kappa shape index (κ1) is 28.4. The van der Waals surface area contributed by atoms with Crippen molar-refractivity contribution in [1.29, 1.82) is 0 Å². The van der Waals surface area contributed by atoms with Gasteiger partial charge in [-0.25, -0.2) is 8.78 Å². The van der Waals surface area contributed by atoms with Crippen LogP contribution in [0.4, 0.5) is 8.78 Å². The second-order valence-corrected chi connectivity index (χ2v) is 11.3. The van der Waals surface area contributed by atoms with Gasteiger partial charge in [-0.1, -0.05) is 46.0 Å². The van der Waals surface area contributed by atoms with Crippen molar-refractivity contribution < 1.29 is 18.3 Å². The molecular weight excluding hydrogens is 442 g/mol. The van der Waals surface area contributed by atoms with Crippen molar-refractivity contribution in [1.82, 2.24) is 0 Å². The van der Waals surface area contributed by atoms with Gasteiger partial charge in [-0.05, 0) is 113 Å². The summed E-state index contributed by atoms with van der Waals surface area (Å²) in [5, 5.41) is 0. The lowest BCUT2D eigenvalue weighted by Gasteiger charge is -2.38. The van der Waals surface area contributed by atoms with Crippen molar-refractivity contribution in [3.63, 3.8) is 0 Å². The van der Waals surface area contributed by atoms with Crippen LogP contribution in [0.3, 0.4) is 0 Å². The van der Waals surface area contributed by atoms with Crippen LogP contribution in [0.2, 0.25) is 0 Å². The summed E-state index contributed by atoms with van der Waals surface area (Å²) in [6.45, 7) is 7.19. The fourth-order valence-corrected chi connectivity index (χ4v) is 6.34. The molecule has 0 bridgehead atoms. The number of hydrogen-bond acceptors (Lipinski definition) is 2. The minimum atomic E-state index is -0.540. The van der Waals surface area contributed by atoms with E-state index in [1.807, 2.05) is 6.92 Å². The normalized spacial score (nSPS) is 26.0. The van der Waals surface area contributed by atoms with Gasteiger partial charge in [0.15, 0.2) is 17.4 Å². The maximum Gasteiger partial charge on any atom is 0.191 e. The molecule has 2 nitrogen and oxygen atoms in total. The quantitative estimate of drug-likeness (QED) is 0.241. The van der Waals surface area contributed by atoms with Gasteiger partial charge in [-0.15, -0.1) is 0 Å². The zero-order valence-electron chi connectivity index (χ0n) is 22.6. The third-order valence-corrected chi connectivity index (χ3v) is 8.49. The molecule has 4 heteroatoms. The molecule has 2 aliphatic rings. The molecule has 0 saturated heterocycles. The molecule has 0 N–H and O–H groups in total. The zero-order valence-corrected chi connectivity index (χ0v) is 22.6. The van der Waals surface area contributed by atoms with Crippen LogP contribution in [0.1, 0.15) is 135 Å². The monoisotopic (exact) mass is 492 g/mol. The van der Waals surface area contributed by atoms with E-state index < -0.39 is 11.6 Å². The molecule has 0 aromatic heterocycles. The standard InChI is InChI=1S/C31H50F2O2/c1-4-6-7-8-9-10-11-23(3)35-31-29(32)21-27(22-30(31)33)26-14-12-24(13-15-26)25-16-18-28(19-17-25)34-20-5-2/h21-26,28H,4-20H2,1-3H3. The SMILES string of the molecule is CCCCCCCCC(C)Oc1c(F)cc(C2CCC(C3CCC(OCCC)CC3)CC2)cc1F. The molecular formula is C31H50F2O2. The van der Waals surface area contributed by atoms with Crippen molar-refractivity contribution in [2.45, 2.75) is 142 Å². The average molecular weight is 493 g/mol. The van der Waals surface area contributed by atoms with E-state index >= 15 is 0 Å². The maximum atomic E-state index is 14.9. The van der Waals surface area contributed by atoms with Crippen LogP contribution in [0.15, 0.2) is 12.1 Å². The Kier molecular flexibility index (Phi) is 12.3. The van der Waals surface area contributed by atoms with Gasteiger partial charge in [0.25, 0.3) is 0 Å². The Balaban J connectivity index is 1.43. The Morgan fingerprint density at radius 1 is 0.771 bits per heavy atom. The summed E-state index contributed by atoms with van der Waals surface area (Å²) < 4.78 is 41.4. The highest BCUT2D eigenvalue weighted by Crippen LogP contribution is 2.44. The molecule has 0 aliphatic heterocycles. The summed E-state index contributed by atoms with van der Waals surface area (Å²) >= 11 is 0. The Morgan fingerprint density at radius 3 is 1.94 bits per heavy atom. The largest absolute Gasteiger partial charge is 0.485 e. The van der Waals surface area contributed by atoms with E-state index in [1.165, 1.54) is 76.3 Å². The third kappa shape index (κ3) is 9.02. The molecule has 35 heavy (non-hydrogen) atoms. The summed E-state index contributed by atoms with van der Waals surface area (Å²) in [6, 6.07) is 3.08. The molecule has 0 radical (unpaired) electrons. The van der Waals surface area contributed by atoms with E-state index in [1.54, 1.807) is 0 Å². The molecule has 1 atom stereocenters. The zero-order chi connectivity index (χ0) is 25.0. The van der Waals surface area contributed by atoms with Crippen molar-refractivity contribution >= 4 is 0 Å². The van der Waals surface area contributed by atoms with E-state index in [-0.39, 0.29) is 17.8 Å². The smallest absolute Gasteiger partial charge is 0.191 e. The Morgan fingerprint density at radius 2 is 1.34 bits per heavy atom. The van der Waals surface area contributed by atoms with Gasteiger partial charge < -0.3 is 9.47 Å². The predicted molar refractivity (Wildman–Crippen MR) is 141 cm³/mol. The van der Waals surface area contributed by atoms with E-state index in [9.17, 15) is 8.78 Å². The van der Waals surface area contributed by atoms with Crippen molar-refractivity contribution in [2.24, 2.45) is 11.8 Å². The van der Waals surface area contributed by atoms with Gasteiger partial charge in [-0.3, -0.25) is 0 Å². The van der Waals surface area contributed by atoms with Crippen LogP contribution in [0, 0.1) is 23.5 Å². The van der Waals surface area contributed by atoms with Crippen LogP contribution >= 0.6 is 0 Å². The minimum Gasteiger partial charge on any atom is -0.485 e. The van der Waals surface area contributed by atoms with Crippen LogP contribution < -0.4 is 4.74 Å². The van der Waals surface area contributed by atoms with Gasteiger partial charge in [0.2, 0.25) is 0 Å². The molecule has 200 valence electrons. The minimum absolute atomic E-state index is 0.172.